The predicted molar refractivity (Wildman–Crippen MR) is 107 cm³/mol. The second-order valence-electron chi connectivity index (χ2n) is 6.82. The third kappa shape index (κ3) is 4.68. The molecular formula is C22H22N2O5. The summed E-state index contributed by atoms with van der Waals surface area (Å²) < 4.78 is 4.95. The summed E-state index contributed by atoms with van der Waals surface area (Å²) in [5, 5.41) is 2.64. The van der Waals surface area contributed by atoms with Gasteiger partial charge in [0.05, 0.1) is 17.5 Å². The molecule has 0 bridgehead atoms. The molecular weight excluding hydrogens is 372 g/mol. The Kier molecular flexibility index (Phi) is 6.07. The van der Waals surface area contributed by atoms with Gasteiger partial charge in [-0.1, -0.05) is 30.7 Å². The number of esters is 1. The van der Waals surface area contributed by atoms with E-state index in [2.05, 4.69) is 5.32 Å². The second-order valence-corrected chi connectivity index (χ2v) is 6.82. The molecule has 0 unspecified atom stereocenters. The van der Waals surface area contributed by atoms with Gasteiger partial charge in [0.15, 0.2) is 6.61 Å². The predicted octanol–water partition coefficient (Wildman–Crippen LogP) is 2.73. The van der Waals surface area contributed by atoms with Crippen molar-refractivity contribution in [3.63, 3.8) is 0 Å². The number of amides is 3. The molecule has 0 spiro atoms. The molecule has 2 aromatic carbocycles. The third-order valence-corrected chi connectivity index (χ3v) is 4.68. The van der Waals surface area contributed by atoms with E-state index in [0.717, 1.165) is 22.4 Å². The van der Waals surface area contributed by atoms with Gasteiger partial charge in [-0.15, -0.1) is 0 Å². The van der Waals surface area contributed by atoms with Gasteiger partial charge in [-0.2, -0.15) is 0 Å². The van der Waals surface area contributed by atoms with E-state index in [9.17, 15) is 19.2 Å². The number of imide groups is 1. The highest BCUT2D eigenvalue weighted by atomic mass is 16.5. The van der Waals surface area contributed by atoms with Crippen molar-refractivity contribution < 1.29 is 23.9 Å². The summed E-state index contributed by atoms with van der Waals surface area (Å²) >= 11 is 0. The molecule has 0 fully saturated rings. The molecule has 29 heavy (non-hydrogen) atoms. The van der Waals surface area contributed by atoms with E-state index in [4.69, 9.17) is 4.74 Å². The van der Waals surface area contributed by atoms with Crippen LogP contribution in [0.5, 0.6) is 0 Å². The third-order valence-electron chi connectivity index (χ3n) is 4.68. The minimum atomic E-state index is -0.658. The molecule has 0 aromatic heterocycles. The van der Waals surface area contributed by atoms with E-state index < -0.39 is 30.3 Å². The number of nitrogens with one attached hydrogen (secondary N) is 1. The van der Waals surface area contributed by atoms with Gasteiger partial charge in [0, 0.05) is 12.2 Å². The maximum absolute atomic E-state index is 12.4. The van der Waals surface area contributed by atoms with Gasteiger partial charge in [0.1, 0.15) is 0 Å². The molecule has 1 aliphatic heterocycles. The molecule has 0 aliphatic carbocycles. The normalized spacial score (nSPS) is 12.7. The Morgan fingerprint density at radius 1 is 1.00 bits per heavy atom. The smallest absolute Gasteiger partial charge is 0.308 e. The van der Waals surface area contributed by atoms with Crippen LogP contribution in [0.2, 0.25) is 0 Å². The van der Waals surface area contributed by atoms with Crippen molar-refractivity contribution in [2.24, 2.45) is 0 Å². The molecule has 7 nitrogen and oxygen atoms in total. The SMILES string of the molecule is CCc1ccc(NC(=O)COC(=O)CCN2C(=O)c3ccc(C)cc3C2=O)cc1. The topological polar surface area (TPSA) is 92.8 Å². The quantitative estimate of drug-likeness (QED) is 0.576. The highest BCUT2D eigenvalue weighted by Crippen LogP contribution is 2.24. The van der Waals surface area contributed by atoms with Gasteiger partial charge in [-0.05, 0) is 43.2 Å². The van der Waals surface area contributed by atoms with Crippen LogP contribution < -0.4 is 5.32 Å². The Morgan fingerprint density at radius 3 is 2.38 bits per heavy atom. The lowest BCUT2D eigenvalue weighted by Gasteiger charge is -2.13. The summed E-state index contributed by atoms with van der Waals surface area (Å²) in [7, 11) is 0. The molecule has 0 radical (unpaired) electrons. The Hall–Kier alpha value is -3.48. The first-order valence-electron chi connectivity index (χ1n) is 9.40. The van der Waals surface area contributed by atoms with Gasteiger partial charge >= 0.3 is 5.97 Å². The van der Waals surface area contributed by atoms with Crippen molar-refractivity contribution >= 4 is 29.4 Å². The first-order valence-corrected chi connectivity index (χ1v) is 9.40. The number of ether oxygens (including phenoxy) is 1. The number of aryl methyl sites for hydroxylation is 2. The van der Waals surface area contributed by atoms with Crippen LogP contribution in [0.4, 0.5) is 5.69 Å². The molecule has 0 atom stereocenters. The molecule has 0 saturated heterocycles. The molecule has 3 amide bonds. The van der Waals surface area contributed by atoms with Crippen molar-refractivity contribution in [2.75, 3.05) is 18.5 Å². The fourth-order valence-corrected chi connectivity index (χ4v) is 3.05. The minimum Gasteiger partial charge on any atom is -0.456 e. The Labute approximate surface area is 168 Å². The van der Waals surface area contributed by atoms with Gasteiger partial charge in [-0.3, -0.25) is 24.1 Å². The van der Waals surface area contributed by atoms with E-state index in [-0.39, 0.29) is 13.0 Å². The number of hydrogen-bond donors (Lipinski definition) is 1. The lowest BCUT2D eigenvalue weighted by Crippen LogP contribution is -2.32. The number of anilines is 1. The summed E-state index contributed by atoms with van der Waals surface area (Å²) in [4.78, 5) is 49.6. The van der Waals surface area contributed by atoms with Crippen LogP contribution in [0, 0.1) is 6.92 Å². The van der Waals surface area contributed by atoms with E-state index in [1.807, 2.05) is 26.0 Å². The maximum Gasteiger partial charge on any atom is 0.308 e. The van der Waals surface area contributed by atoms with Crippen LogP contribution in [0.1, 0.15) is 45.2 Å². The average molecular weight is 394 g/mol. The number of hydrogen-bond acceptors (Lipinski definition) is 5. The first kappa shape index (κ1) is 20.3. The zero-order valence-electron chi connectivity index (χ0n) is 16.4. The minimum absolute atomic E-state index is 0.0929. The average Bonchev–Trinajstić information content (AvgIpc) is 2.95. The summed E-state index contributed by atoms with van der Waals surface area (Å²) in [5.41, 5.74) is 3.32. The van der Waals surface area contributed by atoms with Crippen LogP contribution in [0.25, 0.3) is 0 Å². The molecule has 3 rings (SSSR count). The van der Waals surface area contributed by atoms with Crippen LogP contribution >= 0.6 is 0 Å². The monoisotopic (exact) mass is 394 g/mol. The highest BCUT2D eigenvalue weighted by Gasteiger charge is 2.35. The van der Waals surface area contributed by atoms with Crippen molar-refractivity contribution in [3.8, 4) is 0 Å². The van der Waals surface area contributed by atoms with E-state index >= 15 is 0 Å². The number of fused-ring (bicyclic) bond motifs is 1. The van der Waals surface area contributed by atoms with E-state index in [1.165, 1.54) is 0 Å². The summed E-state index contributed by atoms with van der Waals surface area (Å²) in [5.74, 6) is -1.96. The van der Waals surface area contributed by atoms with E-state index in [0.29, 0.717) is 16.8 Å². The van der Waals surface area contributed by atoms with Crippen LogP contribution in [0.15, 0.2) is 42.5 Å². The number of carbonyl (C=O) groups is 4. The molecule has 0 saturated carbocycles. The molecule has 150 valence electrons. The zero-order chi connectivity index (χ0) is 21.0. The second kappa shape index (κ2) is 8.68. The fourth-order valence-electron chi connectivity index (χ4n) is 3.05. The summed E-state index contributed by atoms with van der Waals surface area (Å²) in [6, 6.07) is 12.4. The summed E-state index contributed by atoms with van der Waals surface area (Å²) in [6.07, 6.45) is 0.724. The van der Waals surface area contributed by atoms with Gasteiger partial charge in [0.25, 0.3) is 17.7 Å². The van der Waals surface area contributed by atoms with Gasteiger partial charge in [0.2, 0.25) is 0 Å². The fraction of sp³-hybridized carbons (Fsp3) is 0.273. The molecule has 7 heteroatoms. The number of rotatable bonds is 7. The van der Waals surface area contributed by atoms with Crippen LogP contribution in [-0.4, -0.2) is 41.7 Å². The molecule has 2 aromatic rings. The van der Waals surface area contributed by atoms with Crippen molar-refractivity contribution in [3.05, 3.63) is 64.7 Å². The van der Waals surface area contributed by atoms with Crippen molar-refractivity contribution in [1.82, 2.24) is 4.90 Å². The largest absolute Gasteiger partial charge is 0.456 e. The number of carbonyl (C=O) groups excluding carboxylic acids is 4. The highest BCUT2D eigenvalue weighted by molar-refractivity contribution is 6.21. The molecule has 1 aliphatic rings. The Balaban J connectivity index is 1.46. The first-order chi connectivity index (χ1) is 13.9. The van der Waals surface area contributed by atoms with Crippen molar-refractivity contribution in [1.29, 1.82) is 0 Å². The van der Waals surface area contributed by atoms with Gasteiger partial charge in [-0.25, -0.2) is 0 Å². The van der Waals surface area contributed by atoms with E-state index in [1.54, 1.807) is 30.3 Å². The molecule has 1 N–H and O–H groups in total. The summed E-state index contributed by atoms with van der Waals surface area (Å²) in [6.45, 7) is 3.34. The Bertz CT molecular complexity index is 966. The number of benzene rings is 2. The van der Waals surface area contributed by atoms with Crippen LogP contribution in [0.3, 0.4) is 0 Å². The van der Waals surface area contributed by atoms with Crippen LogP contribution in [-0.2, 0) is 20.7 Å². The standard InChI is InChI=1S/C22H22N2O5/c1-3-15-5-7-16(8-6-15)23-19(25)13-29-20(26)10-11-24-21(27)17-9-4-14(2)12-18(17)22(24)28/h4-9,12H,3,10-11,13H2,1-2H3,(H,23,25). The maximum atomic E-state index is 12.4. The zero-order valence-corrected chi connectivity index (χ0v) is 16.4. The Morgan fingerprint density at radius 2 is 1.69 bits per heavy atom. The van der Waals surface area contributed by atoms with Crippen molar-refractivity contribution in [2.45, 2.75) is 26.7 Å². The number of nitrogens with zero attached hydrogens (tertiary/aromatic N) is 1. The lowest BCUT2D eigenvalue weighted by atomic mass is 10.1. The lowest BCUT2D eigenvalue weighted by molar-refractivity contribution is -0.147. The van der Waals surface area contributed by atoms with Gasteiger partial charge < -0.3 is 10.1 Å². The molecule has 1 heterocycles.